The first kappa shape index (κ1) is 73.8. The van der Waals surface area contributed by atoms with Gasteiger partial charge in [-0.05, 0) is 122 Å². The van der Waals surface area contributed by atoms with Gasteiger partial charge in [0.25, 0.3) is 0 Å². The van der Waals surface area contributed by atoms with Gasteiger partial charge in [-0.2, -0.15) is 0 Å². The smallest absolute Gasteiger partial charge is 0.245 e. The van der Waals surface area contributed by atoms with Gasteiger partial charge in [-0.25, -0.2) is 0 Å². The lowest BCUT2D eigenvalue weighted by Gasteiger charge is -2.28. The highest BCUT2D eigenvalue weighted by Gasteiger charge is 2.38. The van der Waals surface area contributed by atoms with E-state index in [2.05, 4.69) is 56.4 Å². The number of carbonyl (C=O) groups excluding carboxylic acids is 11. The normalized spacial score (nSPS) is 22.9. The predicted molar refractivity (Wildman–Crippen MR) is 315 cm³/mol. The predicted octanol–water partition coefficient (Wildman–Crippen LogP) is -2.36. The summed E-state index contributed by atoms with van der Waals surface area (Å²) < 4.78 is 0. The molecule has 474 valence electrons. The zero-order chi connectivity index (χ0) is 63.1. The number of Topliss-reactive ketones (excluding diaryl/α,β-unsaturated/α-hetero) is 3. The number of nitrogens with one attached hydrogen (secondary N) is 8. The second-order valence-electron chi connectivity index (χ2n) is 22.8. The van der Waals surface area contributed by atoms with Gasteiger partial charge in [0.15, 0.2) is 11.6 Å². The molecule has 2 rings (SSSR count). The van der Waals surface area contributed by atoms with E-state index in [-0.39, 0.29) is 102 Å². The summed E-state index contributed by atoms with van der Waals surface area (Å²) in [6, 6.07) is -1.43. The van der Waals surface area contributed by atoms with E-state index < -0.39 is 157 Å². The van der Waals surface area contributed by atoms with Crippen LogP contribution in [0, 0.1) is 29.6 Å². The molecule has 0 aliphatic carbocycles. The zero-order valence-electron chi connectivity index (χ0n) is 50.1. The van der Waals surface area contributed by atoms with E-state index in [1.807, 2.05) is 13.8 Å². The Bertz CT molecular complexity index is 2290. The van der Waals surface area contributed by atoms with E-state index >= 15 is 0 Å². The Morgan fingerprint density at radius 1 is 0.595 bits per heavy atom. The minimum absolute atomic E-state index is 0.0433. The fourth-order valence-corrected chi connectivity index (χ4v) is 9.80. The maximum absolute atomic E-state index is 14.6. The Morgan fingerprint density at radius 3 is 1.70 bits per heavy atom. The summed E-state index contributed by atoms with van der Waals surface area (Å²) in [7, 11) is 0. The monoisotopic (exact) mass is 1190 g/mol. The molecule has 1 unspecified atom stereocenters. The molecule has 26 nitrogen and oxygen atoms in total. The summed E-state index contributed by atoms with van der Waals surface area (Å²) in [4.78, 5) is 154. The number of nitrogens with two attached hydrogens (primary N) is 5. The van der Waals surface area contributed by atoms with E-state index in [0.717, 1.165) is 12.8 Å². The van der Waals surface area contributed by atoms with Gasteiger partial charge in [-0.15, -0.1) is 0 Å². The van der Waals surface area contributed by atoms with Gasteiger partial charge in [0, 0.05) is 44.1 Å². The van der Waals surface area contributed by atoms with Crippen LogP contribution in [0.5, 0.6) is 0 Å². The number of hydrogen-bond acceptors (Lipinski definition) is 18. The minimum atomic E-state index is -1.65. The second-order valence-corrected chi connectivity index (χ2v) is 22.8. The van der Waals surface area contributed by atoms with Gasteiger partial charge >= 0.3 is 0 Å². The van der Waals surface area contributed by atoms with Crippen LogP contribution in [0.25, 0.3) is 0 Å². The quantitative estimate of drug-likeness (QED) is 0.0373. The molecule has 8 amide bonds. The molecule has 26 heteroatoms. The number of carbonyl (C=O) groups is 11. The van der Waals surface area contributed by atoms with Crippen LogP contribution in [0.15, 0.2) is 30.3 Å². The third kappa shape index (κ3) is 26.7. The van der Waals surface area contributed by atoms with Gasteiger partial charge in [-0.1, -0.05) is 70.9 Å². The summed E-state index contributed by atoms with van der Waals surface area (Å²) in [6.07, 6.45) is -2.30. The van der Waals surface area contributed by atoms with Crippen LogP contribution in [0.4, 0.5) is 0 Å². The maximum Gasteiger partial charge on any atom is 0.245 e. The second kappa shape index (κ2) is 39.3. The van der Waals surface area contributed by atoms with Crippen LogP contribution in [0.3, 0.4) is 0 Å². The number of aliphatic hydroxyl groups excluding tert-OH is 2. The highest BCUT2D eigenvalue weighted by Crippen LogP contribution is 2.21. The minimum Gasteiger partial charge on any atom is -0.393 e. The third-order valence-electron chi connectivity index (χ3n) is 14.6. The number of amides is 8. The number of unbranched alkanes of at least 4 members (excludes halogenated alkanes) is 1. The molecule has 0 saturated carbocycles. The third-order valence-corrected chi connectivity index (χ3v) is 14.6. The summed E-state index contributed by atoms with van der Waals surface area (Å²) in [6.45, 7) is 9.42. The largest absolute Gasteiger partial charge is 0.393 e. The van der Waals surface area contributed by atoms with Crippen molar-refractivity contribution in [3.05, 3.63) is 35.9 Å². The van der Waals surface area contributed by atoms with Crippen molar-refractivity contribution in [3.8, 4) is 0 Å². The maximum atomic E-state index is 14.6. The van der Waals surface area contributed by atoms with Gasteiger partial charge in [0.1, 0.15) is 36.0 Å². The molecule has 1 aliphatic heterocycles. The Hall–Kier alpha value is -6.29. The lowest BCUT2D eigenvalue weighted by Crippen LogP contribution is -2.61. The molecular formula is C58H99N13O13. The fraction of sp³-hybridized carbons (Fsp3) is 0.707. The zero-order valence-corrected chi connectivity index (χ0v) is 50.1. The molecule has 0 radical (unpaired) electrons. The molecule has 1 aromatic carbocycles. The molecule has 1 aliphatic rings. The van der Waals surface area contributed by atoms with Gasteiger partial charge in [-0.3, -0.25) is 52.7 Å². The lowest BCUT2D eigenvalue weighted by molar-refractivity contribution is -0.137. The van der Waals surface area contributed by atoms with Crippen molar-refractivity contribution < 1.29 is 63.0 Å². The molecule has 0 bridgehead atoms. The number of aliphatic hydroxyl groups is 2. The SMILES string of the molecule is CC(C)CCCCC(=O)C[C@H](CCN)C(=O)N[C@H](C(=O)N[C@@H](CCN)C(=O)NC1CCNC(=O)[C@@H]([C@H](C)O)CC(=O)[C@H](CCN)NC(=O)[C@H](CCN)NC(=O)[C@@H](CC(C)C)CC(=O)[C@@H](Cc2ccccc2)NC(=O)[C@@H](CCN)NC1=O)[C@@H](C)O. The molecule has 12 atom stereocenters. The summed E-state index contributed by atoms with van der Waals surface area (Å²) in [5.41, 5.74) is 30.1. The fourth-order valence-electron chi connectivity index (χ4n) is 9.80. The van der Waals surface area contributed by atoms with Crippen molar-refractivity contribution in [2.24, 2.45) is 58.3 Å². The summed E-state index contributed by atoms with van der Waals surface area (Å²) >= 11 is 0. The number of ketones is 3. The van der Waals surface area contributed by atoms with Crippen LogP contribution in [0.1, 0.15) is 137 Å². The Morgan fingerprint density at radius 2 is 1.15 bits per heavy atom. The van der Waals surface area contributed by atoms with Crippen LogP contribution < -0.4 is 71.2 Å². The van der Waals surface area contributed by atoms with Crippen molar-refractivity contribution in [1.29, 1.82) is 0 Å². The van der Waals surface area contributed by atoms with E-state index in [1.54, 1.807) is 30.3 Å². The standard InChI is InChI=1S/C58H99N13O13/c1-33(2)12-10-11-15-40(74)30-38(16-22-59)51(77)71-50(36(6)73)58(84)69-45(20-26-63)55(81)68-46-21-27-64-53(79)41(35(5)72)32-49(76)42(17-23-60)65-54(80)43(18-24-61)66-52(78)39(28-34(3)4)31-48(75)47(29-37-13-8-7-9-14-37)70-56(82)44(19-25-62)67-57(46)83/h7-9,13-14,33-36,38-39,41-47,50,72-73H,10-12,15-32,59-63H2,1-6H3,(H,64,79)(H,65,80)(H,66,78)(H,67,83)(H,68,81)(H,69,84)(H,70,82)(H,71,77)/t35-,36+,38-,39-,41+,42-,43-,44+,45-,46?,47+,50-/m0/s1. The lowest BCUT2D eigenvalue weighted by atomic mass is 9.88. The van der Waals surface area contributed by atoms with Crippen LogP contribution in [0.2, 0.25) is 0 Å². The van der Waals surface area contributed by atoms with E-state index in [0.29, 0.717) is 17.9 Å². The summed E-state index contributed by atoms with van der Waals surface area (Å²) in [5, 5.41) is 42.5. The Labute approximate surface area is 494 Å². The first-order valence-electron chi connectivity index (χ1n) is 29.7. The number of benzene rings is 1. The number of rotatable bonds is 29. The van der Waals surface area contributed by atoms with Crippen molar-refractivity contribution >= 4 is 64.6 Å². The molecule has 0 aromatic heterocycles. The molecule has 1 fully saturated rings. The topological polar surface area (TPSA) is 455 Å². The van der Waals surface area contributed by atoms with Crippen molar-refractivity contribution in [2.45, 2.75) is 192 Å². The van der Waals surface area contributed by atoms with Crippen LogP contribution >= 0.6 is 0 Å². The first-order chi connectivity index (χ1) is 39.8. The molecule has 1 aromatic rings. The van der Waals surface area contributed by atoms with Gasteiger partial charge in [0.2, 0.25) is 47.3 Å². The van der Waals surface area contributed by atoms with Crippen molar-refractivity contribution in [3.63, 3.8) is 0 Å². The summed E-state index contributed by atoms with van der Waals surface area (Å²) in [5.74, 6) is -11.4. The van der Waals surface area contributed by atoms with E-state index in [4.69, 9.17) is 28.7 Å². The average molecular weight is 1190 g/mol. The first-order valence-corrected chi connectivity index (χ1v) is 29.7. The average Bonchev–Trinajstić information content (AvgIpc) is 3.63. The molecular weight excluding hydrogens is 1090 g/mol. The van der Waals surface area contributed by atoms with E-state index in [9.17, 15) is 63.0 Å². The number of hydrogen-bond donors (Lipinski definition) is 15. The van der Waals surface area contributed by atoms with Crippen LogP contribution in [-0.4, -0.2) is 169 Å². The molecule has 20 N–H and O–H groups in total. The van der Waals surface area contributed by atoms with Crippen molar-refractivity contribution in [1.82, 2.24) is 42.5 Å². The van der Waals surface area contributed by atoms with Crippen LogP contribution in [-0.2, 0) is 59.2 Å². The molecule has 1 saturated heterocycles. The van der Waals surface area contributed by atoms with E-state index in [1.165, 1.54) is 13.8 Å². The van der Waals surface area contributed by atoms with Gasteiger partial charge < -0.3 is 81.4 Å². The van der Waals surface area contributed by atoms with Gasteiger partial charge in [0.05, 0.1) is 30.2 Å². The molecule has 1 heterocycles. The Kier molecular flexibility index (Phi) is 34.6. The highest BCUT2D eigenvalue weighted by atomic mass is 16.3. The van der Waals surface area contributed by atoms with Crippen molar-refractivity contribution in [2.75, 3.05) is 39.3 Å². The molecule has 0 spiro atoms. The molecule has 84 heavy (non-hydrogen) atoms. The highest BCUT2D eigenvalue weighted by molar-refractivity contribution is 5.99. The Balaban J connectivity index is 2.69.